The molecular weight excluding hydrogens is 256 g/mol. The summed E-state index contributed by atoms with van der Waals surface area (Å²) in [7, 11) is 0. The van der Waals surface area contributed by atoms with E-state index >= 15 is 0 Å². The second kappa shape index (κ2) is 7.95. The number of hydrogen-bond acceptors (Lipinski definition) is 2. The third-order valence-corrected chi connectivity index (χ3v) is 4.77. The van der Waals surface area contributed by atoms with E-state index in [1.807, 2.05) is 0 Å². The first-order chi connectivity index (χ1) is 10.1. The Balaban J connectivity index is 1.87. The normalized spacial score (nSPS) is 22.3. The largest absolute Gasteiger partial charge is 0.307 e. The highest BCUT2D eigenvalue weighted by Crippen LogP contribution is 2.26. The summed E-state index contributed by atoms with van der Waals surface area (Å²) in [6.45, 7) is 10.5. The summed E-state index contributed by atoms with van der Waals surface area (Å²) in [5.74, 6) is 0. The Kier molecular flexibility index (Phi) is 6.25. The summed E-state index contributed by atoms with van der Waals surface area (Å²) in [5.41, 5.74) is 1.69. The predicted octanol–water partition coefficient (Wildman–Crippen LogP) is 4.38. The van der Waals surface area contributed by atoms with Gasteiger partial charge in [-0.1, -0.05) is 62.9 Å². The molecule has 2 nitrogen and oxygen atoms in total. The van der Waals surface area contributed by atoms with Gasteiger partial charge >= 0.3 is 0 Å². The summed E-state index contributed by atoms with van der Waals surface area (Å²) in [5, 5.41) is 3.72. The summed E-state index contributed by atoms with van der Waals surface area (Å²) in [6, 6.07) is 11.4. The molecule has 1 aliphatic rings. The Hall–Kier alpha value is -0.860. The minimum atomic E-state index is 0.274. The van der Waals surface area contributed by atoms with Crippen LogP contribution in [0.2, 0.25) is 0 Å². The van der Waals surface area contributed by atoms with Crippen molar-refractivity contribution in [2.75, 3.05) is 19.6 Å². The van der Waals surface area contributed by atoms with E-state index in [-0.39, 0.29) is 5.54 Å². The molecule has 21 heavy (non-hydrogen) atoms. The Bertz CT molecular complexity index is 399. The quantitative estimate of drug-likeness (QED) is 0.749. The third-order valence-electron chi connectivity index (χ3n) is 4.77. The lowest BCUT2D eigenvalue weighted by atomic mass is 9.94. The van der Waals surface area contributed by atoms with Crippen LogP contribution < -0.4 is 5.32 Å². The smallest absolute Gasteiger partial charge is 0.0450 e. The average Bonchev–Trinajstić information content (AvgIpc) is 2.49. The van der Waals surface area contributed by atoms with Crippen molar-refractivity contribution in [2.45, 2.75) is 64.5 Å². The number of unbranched alkanes of at least 4 members (excludes halogenated alkanes) is 4. The highest BCUT2D eigenvalue weighted by Gasteiger charge is 2.33. The molecule has 1 aliphatic heterocycles. The topological polar surface area (TPSA) is 15.3 Å². The number of rotatable bonds is 7. The van der Waals surface area contributed by atoms with E-state index in [0.717, 1.165) is 13.1 Å². The molecule has 118 valence electrons. The standard InChI is InChI=1S/C19H32N2/c1-4-5-6-7-11-14-21-15-18(20-16-19(21,2)3)17-12-9-8-10-13-17/h8-10,12-13,18,20H,4-7,11,14-16H2,1-3H3. The van der Waals surface area contributed by atoms with E-state index in [9.17, 15) is 0 Å². The van der Waals surface area contributed by atoms with Crippen LogP contribution in [0.15, 0.2) is 30.3 Å². The van der Waals surface area contributed by atoms with E-state index in [1.165, 1.54) is 44.2 Å². The van der Waals surface area contributed by atoms with Crippen LogP contribution in [0.5, 0.6) is 0 Å². The van der Waals surface area contributed by atoms with Gasteiger partial charge in [-0.2, -0.15) is 0 Å². The van der Waals surface area contributed by atoms with Crippen molar-refractivity contribution in [1.82, 2.24) is 10.2 Å². The Morgan fingerprint density at radius 2 is 1.81 bits per heavy atom. The second-order valence-electron chi connectivity index (χ2n) is 7.02. The number of nitrogens with one attached hydrogen (secondary N) is 1. The van der Waals surface area contributed by atoms with E-state index in [0.29, 0.717) is 6.04 Å². The molecule has 1 aromatic carbocycles. The van der Waals surface area contributed by atoms with Crippen LogP contribution in [-0.4, -0.2) is 30.1 Å². The van der Waals surface area contributed by atoms with Crippen LogP contribution in [0.25, 0.3) is 0 Å². The molecule has 0 aromatic heterocycles. The van der Waals surface area contributed by atoms with Gasteiger partial charge in [-0.3, -0.25) is 4.90 Å². The fourth-order valence-corrected chi connectivity index (χ4v) is 3.23. The van der Waals surface area contributed by atoms with Crippen molar-refractivity contribution in [3.05, 3.63) is 35.9 Å². The molecule has 1 saturated heterocycles. The molecule has 2 heteroatoms. The van der Waals surface area contributed by atoms with Crippen molar-refractivity contribution in [1.29, 1.82) is 0 Å². The first-order valence-corrected chi connectivity index (χ1v) is 8.67. The van der Waals surface area contributed by atoms with E-state index in [4.69, 9.17) is 0 Å². The van der Waals surface area contributed by atoms with Gasteiger partial charge in [0.05, 0.1) is 0 Å². The van der Waals surface area contributed by atoms with Gasteiger partial charge in [0.2, 0.25) is 0 Å². The molecule has 2 rings (SSSR count). The van der Waals surface area contributed by atoms with Crippen LogP contribution >= 0.6 is 0 Å². The van der Waals surface area contributed by atoms with Gasteiger partial charge in [-0.25, -0.2) is 0 Å². The summed E-state index contributed by atoms with van der Waals surface area (Å²) in [6.07, 6.45) is 6.83. The van der Waals surface area contributed by atoms with Crippen molar-refractivity contribution in [2.24, 2.45) is 0 Å². The molecule has 0 spiro atoms. The van der Waals surface area contributed by atoms with E-state index < -0.39 is 0 Å². The summed E-state index contributed by atoms with van der Waals surface area (Å²) < 4.78 is 0. The highest BCUT2D eigenvalue weighted by atomic mass is 15.3. The van der Waals surface area contributed by atoms with Gasteiger partial charge < -0.3 is 5.32 Å². The van der Waals surface area contributed by atoms with Crippen LogP contribution in [-0.2, 0) is 0 Å². The maximum Gasteiger partial charge on any atom is 0.0450 e. The predicted molar refractivity (Wildman–Crippen MR) is 91.6 cm³/mol. The Labute approximate surface area is 130 Å². The molecule has 0 amide bonds. The van der Waals surface area contributed by atoms with Crippen LogP contribution in [0.1, 0.15) is 64.5 Å². The molecule has 1 atom stereocenters. The Morgan fingerprint density at radius 1 is 1.10 bits per heavy atom. The number of benzene rings is 1. The fourth-order valence-electron chi connectivity index (χ4n) is 3.23. The molecule has 1 fully saturated rings. The average molecular weight is 288 g/mol. The molecule has 1 heterocycles. The molecule has 1 N–H and O–H groups in total. The molecule has 1 aromatic rings. The molecule has 0 radical (unpaired) electrons. The minimum absolute atomic E-state index is 0.274. The first kappa shape index (κ1) is 16.5. The molecular formula is C19H32N2. The molecule has 0 bridgehead atoms. The zero-order valence-corrected chi connectivity index (χ0v) is 14.1. The van der Waals surface area contributed by atoms with Crippen LogP contribution in [0.4, 0.5) is 0 Å². The SMILES string of the molecule is CCCCCCCN1CC(c2ccccc2)NCC1(C)C. The monoisotopic (exact) mass is 288 g/mol. The zero-order chi connectivity index (χ0) is 15.1. The lowest BCUT2D eigenvalue weighted by Crippen LogP contribution is -2.59. The number of nitrogens with zero attached hydrogens (tertiary/aromatic N) is 1. The maximum atomic E-state index is 3.72. The van der Waals surface area contributed by atoms with Gasteiger partial charge in [-0.05, 0) is 32.4 Å². The Morgan fingerprint density at radius 3 is 2.52 bits per heavy atom. The third kappa shape index (κ3) is 4.82. The van der Waals surface area contributed by atoms with Crippen LogP contribution in [0, 0.1) is 0 Å². The van der Waals surface area contributed by atoms with Gasteiger partial charge in [-0.15, -0.1) is 0 Å². The van der Waals surface area contributed by atoms with Crippen molar-refractivity contribution in [3.8, 4) is 0 Å². The van der Waals surface area contributed by atoms with Gasteiger partial charge in [0, 0.05) is 24.7 Å². The molecule has 1 unspecified atom stereocenters. The van der Waals surface area contributed by atoms with Crippen molar-refractivity contribution < 1.29 is 0 Å². The van der Waals surface area contributed by atoms with Gasteiger partial charge in [0.1, 0.15) is 0 Å². The molecule has 0 saturated carbocycles. The van der Waals surface area contributed by atoms with Crippen molar-refractivity contribution in [3.63, 3.8) is 0 Å². The zero-order valence-electron chi connectivity index (χ0n) is 14.1. The lowest BCUT2D eigenvalue weighted by Gasteiger charge is -2.46. The highest BCUT2D eigenvalue weighted by molar-refractivity contribution is 5.20. The first-order valence-electron chi connectivity index (χ1n) is 8.67. The second-order valence-corrected chi connectivity index (χ2v) is 7.02. The molecule has 0 aliphatic carbocycles. The summed E-state index contributed by atoms with van der Waals surface area (Å²) >= 11 is 0. The number of hydrogen-bond donors (Lipinski definition) is 1. The lowest BCUT2D eigenvalue weighted by molar-refractivity contribution is 0.0641. The van der Waals surface area contributed by atoms with Gasteiger partial charge in [0.25, 0.3) is 0 Å². The van der Waals surface area contributed by atoms with Gasteiger partial charge in [0.15, 0.2) is 0 Å². The maximum absolute atomic E-state index is 3.72. The van der Waals surface area contributed by atoms with E-state index in [2.05, 4.69) is 61.3 Å². The van der Waals surface area contributed by atoms with Crippen molar-refractivity contribution >= 4 is 0 Å². The summed E-state index contributed by atoms with van der Waals surface area (Å²) in [4.78, 5) is 2.69. The van der Waals surface area contributed by atoms with Crippen LogP contribution in [0.3, 0.4) is 0 Å². The number of piperazine rings is 1. The van der Waals surface area contributed by atoms with E-state index in [1.54, 1.807) is 0 Å². The fraction of sp³-hybridized carbons (Fsp3) is 0.684. The minimum Gasteiger partial charge on any atom is -0.307 e.